The van der Waals surface area contributed by atoms with Crippen LogP contribution in [0.5, 0.6) is 0 Å². The Morgan fingerprint density at radius 1 is 1.56 bits per heavy atom. The van der Waals surface area contributed by atoms with Crippen molar-refractivity contribution in [2.24, 2.45) is 5.73 Å². The van der Waals surface area contributed by atoms with Gasteiger partial charge in [-0.25, -0.2) is 9.97 Å². The molecular weight excluding hydrogens is 319 g/mol. The normalized spacial score (nSPS) is 20.8. The van der Waals surface area contributed by atoms with Gasteiger partial charge in [0.25, 0.3) is 0 Å². The molecule has 16 heavy (non-hydrogen) atoms. The van der Waals surface area contributed by atoms with Gasteiger partial charge in [0.05, 0.1) is 3.57 Å². The van der Waals surface area contributed by atoms with Crippen molar-refractivity contribution in [3.05, 3.63) is 16.1 Å². The van der Waals surface area contributed by atoms with E-state index in [-0.39, 0.29) is 11.9 Å². The lowest BCUT2D eigenvalue weighted by molar-refractivity contribution is -0.119. The lowest BCUT2D eigenvalue weighted by Gasteiger charge is -2.34. The molecular formula is C10H13IN4O. The Morgan fingerprint density at radius 3 is 3.06 bits per heavy atom. The molecule has 1 aliphatic heterocycles. The maximum absolute atomic E-state index is 11.4. The Balaban J connectivity index is 2.30. The van der Waals surface area contributed by atoms with Gasteiger partial charge < -0.3 is 10.6 Å². The zero-order chi connectivity index (χ0) is 11.5. The predicted molar refractivity (Wildman–Crippen MR) is 68.9 cm³/mol. The van der Waals surface area contributed by atoms with Crippen LogP contribution in [0.4, 0.5) is 5.82 Å². The zero-order valence-corrected chi connectivity index (χ0v) is 10.9. The third kappa shape index (κ3) is 2.26. The molecule has 0 aromatic carbocycles. The number of anilines is 1. The first-order chi connectivity index (χ1) is 7.70. The Morgan fingerprint density at radius 2 is 2.38 bits per heavy atom. The number of primary amides is 1. The Labute approximate surface area is 108 Å². The summed E-state index contributed by atoms with van der Waals surface area (Å²) < 4.78 is 0.952. The summed E-state index contributed by atoms with van der Waals surface area (Å²) in [6.07, 6.45) is 6.19. The van der Waals surface area contributed by atoms with E-state index in [9.17, 15) is 4.79 Å². The average molecular weight is 332 g/mol. The van der Waals surface area contributed by atoms with Crippen molar-refractivity contribution in [3.63, 3.8) is 0 Å². The largest absolute Gasteiger partial charge is 0.368 e. The number of nitrogens with zero attached hydrogens (tertiary/aromatic N) is 3. The summed E-state index contributed by atoms with van der Waals surface area (Å²) in [5.74, 6) is 0.549. The van der Waals surface area contributed by atoms with Crippen molar-refractivity contribution >= 4 is 34.3 Å². The number of piperidine rings is 1. The Bertz CT molecular complexity index is 398. The van der Waals surface area contributed by atoms with Gasteiger partial charge in [-0.05, 0) is 41.9 Å². The van der Waals surface area contributed by atoms with Crippen molar-refractivity contribution in [3.8, 4) is 0 Å². The molecule has 1 amide bonds. The quantitative estimate of drug-likeness (QED) is 0.818. The van der Waals surface area contributed by atoms with Crippen LogP contribution < -0.4 is 10.6 Å². The number of carbonyl (C=O) groups is 1. The van der Waals surface area contributed by atoms with Crippen LogP contribution in [-0.4, -0.2) is 28.5 Å². The maximum atomic E-state index is 11.4. The number of hydrogen-bond donors (Lipinski definition) is 1. The molecule has 86 valence electrons. The van der Waals surface area contributed by atoms with Crippen LogP contribution in [0.15, 0.2) is 12.5 Å². The molecule has 1 aliphatic rings. The number of hydrogen-bond acceptors (Lipinski definition) is 4. The Hall–Kier alpha value is -0.920. The minimum absolute atomic E-state index is 0.225. The number of aromatic nitrogens is 2. The van der Waals surface area contributed by atoms with Gasteiger partial charge in [-0.2, -0.15) is 0 Å². The van der Waals surface area contributed by atoms with E-state index in [1.807, 2.05) is 4.90 Å². The van der Waals surface area contributed by atoms with Crippen LogP contribution >= 0.6 is 22.6 Å². The van der Waals surface area contributed by atoms with E-state index in [1.54, 1.807) is 6.20 Å². The third-order valence-corrected chi connectivity index (χ3v) is 3.51. The molecule has 0 radical (unpaired) electrons. The number of nitrogens with two attached hydrogens (primary N) is 1. The molecule has 0 saturated carbocycles. The van der Waals surface area contributed by atoms with Crippen LogP contribution in [-0.2, 0) is 4.79 Å². The number of halogens is 1. The highest BCUT2D eigenvalue weighted by Gasteiger charge is 2.28. The number of amides is 1. The van der Waals surface area contributed by atoms with Crippen molar-refractivity contribution in [1.82, 2.24) is 9.97 Å². The smallest absolute Gasteiger partial charge is 0.240 e. The molecule has 1 unspecified atom stereocenters. The van der Waals surface area contributed by atoms with Gasteiger partial charge in [0.2, 0.25) is 5.91 Å². The van der Waals surface area contributed by atoms with E-state index in [2.05, 4.69) is 32.6 Å². The maximum Gasteiger partial charge on any atom is 0.240 e. The van der Waals surface area contributed by atoms with Crippen LogP contribution in [0.1, 0.15) is 19.3 Å². The molecule has 1 saturated heterocycles. The van der Waals surface area contributed by atoms with Gasteiger partial charge in [-0.1, -0.05) is 0 Å². The minimum atomic E-state index is -0.269. The fraction of sp³-hybridized carbons (Fsp3) is 0.500. The van der Waals surface area contributed by atoms with Crippen LogP contribution in [0.25, 0.3) is 0 Å². The lowest BCUT2D eigenvalue weighted by Crippen LogP contribution is -2.48. The van der Waals surface area contributed by atoms with Crippen molar-refractivity contribution < 1.29 is 4.79 Å². The molecule has 1 aromatic rings. The van der Waals surface area contributed by atoms with Gasteiger partial charge in [0, 0.05) is 12.7 Å². The standard InChI is InChI=1S/C10H13IN4O/c11-7-5-13-6-14-10(7)15-4-2-1-3-8(15)9(12)16/h5-6,8H,1-4H2,(H2,12,16). The van der Waals surface area contributed by atoms with Crippen LogP contribution in [0, 0.1) is 3.57 Å². The minimum Gasteiger partial charge on any atom is -0.368 e. The molecule has 0 spiro atoms. The van der Waals surface area contributed by atoms with Crippen molar-refractivity contribution in [2.45, 2.75) is 25.3 Å². The highest BCUT2D eigenvalue weighted by molar-refractivity contribution is 14.1. The highest BCUT2D eigenvalue weighted by Crippen LogP contribution is 2.26. The zero-order valence-electron chi connectivity index (χ0n) is 8.77. The number of carbonyl (C=O) groups excluding carboxylic acids is 1. The van der Waals surface area contributed by atoms with E-state index in [0.717, 1.165) is 35.2 Å². The second-order valence-electron chi connectivity index (χ2n) is 3.80. The van der Waals surface area contributed by atoms with Gasteiger partial charge >= 0.3 is 0 Å². The molecule has 1 aromatic heterocycles. The van der Waals surface area contributed by atoms with Crippen LogP contribution in [0.3, 0.4) is 0 Å². The first kappa shape index (κ1) is 11.6. The second kappa shape index (κ2) is 4.94. The molecule has 2 N–H and O–H groups in total. The van der Waals surface area contributed by atoms with E-state index in [4.69, 9.17) is 5.73 Å². The third-order valence-electron chi connectivity index (χ3n) is 2.75. The van der Waals surface area contributed by atoms with Crippen molar-refractivity contribution in [1.29, 1.82) is 0 Å². The fourth-order valence-electron chi connectivity index (χ4n) is 2.00. The molecule has 2 heterocycles. The van der Waals surface area contributed by atoms with E-state index < -0.39 is 0 Å². The molecule has 0 bridgehead atoms. The van der Waals surface area contributed by atoms with Crippen molar-refractivity contribution in [2.75, 3.05) is 11.4 Å². The summed E-state index contributed by atoms with van der Waals surface area (Å²) in [6.45, 7) is 0.834. The van der Waals surface area contributed by atoms with Gasteiger partial charge in [-0.3, -0.25) is 4.79 Å². The predicted octanol–water partition coefficient (Wildman–Crippen LogP) is 0.925. The van der Waals surface area contributed by atoms with Gasteiger partial charge in [0.1, 0.15) is 18.2 Å². The van der Waals surface area contributed by atoms with Gasteiger partial charge in [0.15, 0.2) is 0 Å². The second-order valence-corrected chi connectivity index (χ2v) is 4.96. The molecule has 1 fully saturated rings. The fourth-order valence-corrected chi connectivity index (χ4v) is 2.61. The summed E-state index contributed by atoms with van der Waals surface area (Å²) in [7, 11) is 0. The van der Waals surface area contributed by atoms with E-state index >= 15 is 0 Å². The van der Waals surface area contributed by atoms with E-state index in [1.165, 1.54) is 6.33 Å². The monoisotopic (exact) mass is 332 g/mol. The molecule has 2 rings (SSSR count). The molecule has 6 heteroatoms. The summed E-state index contributed by atoms with van der Waals surface area (Å²) >= 11 is 2.18. The Kier molecular flexibility index (Phi) is 3.57. The molecule has 5 nitrogen and oxygen atoms in total. The summed E-state index contributed by atoms with van der Waals surface area (Å²) in [5.41, 5.74) is 5.42. The summed E-state index contributed by atoms with van der Waals surface area (Å²) in [4.78, 5) is 21.6. The highest BCUT2D eigenvalue weighted by atomic mass is 127. The first-order valence-corrected chi connectivity index (χ1v) is 6.29. The summed E-state index contributed by atoms with van der Waals surface area (Å²) in [5, 5.41) is 0. The summed E-state index contributed by atoms with van der Waals surface area (Å²) in [6, 6.07) is -0.225. The first-order valence-electron chi connectivity index (χ1n) is 5.21. The number of rotatable bonds is 2. The molecule has 1 atom stereocenters. The van der Waals surface area contributed by atoms with E-state index in [0.29, 0.717) is 0 Å². The SMILES string of the molecule is NC(=O)C1CCCCN1c1ncncc1I. The topological polar surface area (TPSA) is 72.1 Å². The molecule has 0 aliphatic carbocycles. The lowest BCUT2D eigenvalue weighted by atomic mass is 10.0. The van der Waals surface area contributed by atoms with Gasteiger partial charge in [-0.15, -0.1) is 0 Å². The van der Waals surface area contributed by atoms with Crippen LogP contribution in [0.2, 0.25) is 0 Å². The average Bonchev–Trinajstić information content (AvgIpc) is 2.29.